The molecule has 1 aromatic carbocycles. The maximum absolute atomic E-state index is 15.7. The van der Waals surface area contributed by atoms with Crippen molar-refractivity contribution in [3.63, 3.8) is 0 Å². The van der Waals surface area contributed by atoms with Crippen LogP contribution in [0.4, 0.5) is 22.0 Å². The molecule has 1 spiro atoms. The van der Waals surface area contributed by atoms with Gasteiger partial charge in [0.15, 0.2) is 0 Å². The molecule has 3 aliphatic carbocycles. The van der Waals surface area contributed by atoms with Crippen LogP contribution in [0, 0.1) is 23.7 Å². The van der Waals surface area contributed by atoms with Gasteiger partial charge in [-0.3, -0.25) is 57.5 Å². The number of aryl methyl sites for hydroxylation is 1. The highest BCUT2D eigenvalue weighted by molar-refractivity contribution is 6.31. The smallest absolute Gasteiger partial charge is 0.343 e. The highest BCUT2D eigenvalue weighted by Crippen LogP contribution is 2.39. The summed E-state index contributed by atoms with van der Waals surface area (Å²) in [6.07, 6.45) is 0.654. The van der Waals surface area contributed by atoms with Crippen LogP contribution in [0.1, 0.15) is 194 Å². The molecule has 104 heavy (non-hydrogen) atoms. The molecule has 10 atom stereocenters. The second-order valence-corrected chi connectivity index (χ2v) is 31.4. The van der Waals surface area contributed by atoms with Crippen molar-refractivity contribution >= 4 is 82.5 Å². The molecule has 3 aliphatic heterocycles. The van der Waals surface area contributed by atoms with Crippen molar-refractivity contribution in [2.75, 3.05) is 75.5 Å². The fourth-order valence-corrected chi connectivity index (χ4v) is 16.1. The first-order valence-corrected chi connectivity index (χ1v) is 37.7. The molecule has 0 bridgehead atoms. The second-order valence-electron chi connectivity index (χ2n) is 30.9. The van der Waals surface area contributed by atoms with Crippen molar-refractivity contribution < 1.29 is 79.5 Å². The first kappa shape index (κ1) is 84.1. The average Bonchev–Trinajstić information content (AvgIpc) is 1.33. The normalized spacial score (nSPS) is 28.1. The monoisotopic (exact) mass is 1490 g/mol. The minimum Gasteiger partial charge on any atom is -0.343 e. The molecule has 6 aliphatic rings. The van der Waals surface area contributed by atoms with E-state index in [0.717, 1.165) is 77.8 Å². The number of hydrogen-bond acceptors (Lipinski definition) is 12. The standard InChI is InChI=1S/C74H112ClF5N12O12/c1-14-45(4)61-69(102)86(9)47(6)65(98)92-35-30-54(92)68(101)89(12)57(41-48-22-16-15-17-23-48)67(100)84(7)43-58(93)81-53(29-27-49-26-28-51(52(75)40-49)74(78,79)80)66(99)88(11)56(42-60(95)91-36-33-73(76,77)34-37-91)64(97)83-72(31-20-21-32-72)71(104)90(13)62(50-24-18-19-25-50)70(103)85(8)46(5)39-59(94)87(10)55(38-44(2)3)63(96)82-61/h26,28,40,44-48,50,53-57,61-62H,14-25,27,29-39,41-43H2,1-13H3,(H,81,93)(H,82,96)(H,83,97)/t45-,46+,47-,53-,54?,55-,56-,57-,61-,62-/m0/s1. The molecule has 0 radical (unpaired) electrons. The number of halogens is 6. The molecule has 24 nitrogen and oxygen atoms in total. The summed E-state index contributed by atoms with van der Waals surface area (Å²) >= 11 is 6.17. The Balaban J connectivity index is 1.31. The number of likely N-dealkylation sites (N-methyl/N-ethyl adjacent to an activating group) is 7. The summed E-state index contributed by atoms with van der Waals surface area (Å²) in [5, 5.41) is 7.87. The van der Waals surface area contributed by atoms with E-state index in [-0.39, 0.29) is 81.2 Å². The van der Waals surface area contributed by atoms with E-state index in [9.17, 15) is 55.5 Å². The Hall–Kier alpha value is -7.20. The lowest BCUT2D eigenvalue weighted by Crippen LogP contribution is -2.65. The lowest BCUT2D eigenvalue weighted by Gasteiger charge is -2.45. The number of amides is 12. The summed E-state index contributed by atoms with van der Waals surface area (Å²) in [5.74, 6) is -12.7. The predicted molar refractivity (Wildman–Crippen MR) is 378 cm³/mol. The predicted octanol–water partition coefficient (Wildman–Crippen LogP) is 7.06. The number of carbonyl (C=O) groups excluding carboxylic acids is 12. The lowest BCUT2D eigenvalue weighted by molar-refractivity contribution is -0.160. The Bertz CT molecular complexity index is 3280. The number of benzene rings is 1. The number of nitrogens with one attached hydrogen (secondary N) is 3. The Kier molecular flexibility index (Phi) is 29.0. The van der Waals surface area contributed by atoms with Crippen molar-refractivity contribution in [2.24, 2.45) is 23.7 Å². The molecule has 3 N–H and O–H groups in total. The van der Waals surface area contributed by atoms with Crippen LogP contribution in [0.25, 0.3) is 0 Å². The fraction of sp³-hybridized carbons (Fsp3) is 0.757. The number of piperidine rings is 1. The van der Waals surface area contributed by atoms with Crippen LogP contribution in [0.15, 0.2) is 18.2 Å². The lowest BCUT2D eigenvalue weighted by atomic mass is 9.84. The van der Waals surface area contributed by atoms with Crippen LogP contribution in [0.2, 0.25) is 5.02 Å². The van der Waals surface area contributed by atoms with Gasteiger partial charge in [-0.1, -0.05) is 110 Å². The number of hydrogen-bond donors (Lipinski definition) is 3. The summed E-state index contributed by atoms with van der Waals surface area (Å²) in [7, 11) is 9.83. The molecule has 0 aromatic heterocycles. The van der Waals surface area contributed by atoms with Gasteiger partial charge in [0.25, 0.3) is 5.92 Å². The first-order chi connectivity index (χ1) is 48.7. The molecule has 30 heteroatoms. The maximum Gasteiger partial charge on any atom is 0.417 e. The molecule has 6 fully saturated rings. The van der Waals surface area contributed by atoms with Gasteiger partial charge in [-0.2, -0.15) is 13.2 Å². The molecule has 3 heterocycles. The Labute approximate surface area is 614 Å². The van der Waals surface area contributed by atoms with Crippen molar-refractivity contribution in [1.82, 2.24) is 60.0 Å². The fourth-order valence-electron chi connectivity index (χ4n) is 15.8. The van der Waals surface area contributed by atoms with Crippen molar-refractivity contribution in [3.8, 4) is 0 Å². The van der Waals surface area contributed by atoms with Gasteiger partial charge in [-0.15, -0.1) is 0 Å². The third-order valence-corrected chi connectivity index (χ3v) is 23.5. The number of rotatable bonds is 12. The quantitative estimate of drug-likeness (QED) is 0.178. The van der Waals surface area contributed by atoms with E-state index in [1.807, 2.05) is 20.8 Å². The van der Waals surface area contributed by atoms with Crippen molar-refractivity contribution in [2.45, 2.75) is 261 Å². The topological polar surface area (TPSA) is 270 Å². The SMILES string of the molecule is CC[C@H](C)[C@@H]1NC(=O)[C@H](CC(C)C)N(C)C(=O)C[C@@H](C)N(C)C(=O)[C@H](C2CCCC2)N(C)C(=O)C2(CCCC2)NC(=O)[C@H](CC(=O)N2CCC(F)(F)CC2)N(C)C(=O)[C@H](CCc2ccc(C(F)(F)F)c(Cl)c2)NC(=O)CN(C)C(=O)[C@H](CC2CCCCC2)N(C)C(=O)C2CCN2C(=O)[C@H](C)N(C)C1=O. The van der Waals surface area contributed by atoms with Gasteiger partial charge in [0, 0.05) is 94.3 Å². The van der Waals surface area contributed by atoms with Crippen LogP contribution < -0.4 is 16.0 Å². The third kappa shape index (κ3) is 20.3. The van der Waals surface area contributed by atoms with Gasteiger partial charge in [0.1, 0.15) is 53.9 Å². The maximum atomic E-state index is 15.7. The van der Waals surface area contributed by atoms with Gasteiger partial charge in [0.2, 0.25) is 70.9 Å². The van der Waals surface area contributed by atoms with Gasteiger partial charge >= 0.3 is 6.18 Å². The number of alkyl halides is 5. The number of fused-ring (bicyclic) bond motifs is 1. The van der Waals surface area contributed by atoms with Crippen molar-refractivity contribution in [1.29, 1.82) is 0 Å². The minimum atomic E-state index is -4.83. The van der Waals surface area contributed by atoms with Gasteiger partial charge in [0.05, 0.1) is 23.6 Å². The number of likely N-dealkylation sites (tertiary alicyclic amines) is 1. The summed E-state index contributed by atoms with van der Waals surface area (Å²) in [6.45, 7) is 9.14. The summed E-state index contributed by atoms with van der Waals surface area (Å²) in [4.78, 5) is 191. The molecule has 3 saturated heterocycles. The molecular weight excluding hydrogens is 1380 g/mol. The highest BCUT2D eigenvalue weighted by atomic mass is 35.5. The molecule has 582 valence electrons. The zero-order valence-electron chi connectivity index (χ0n) is 63.0. The van der Waals surface area contributed by atoms with Crippen LogP contribution >= 0.6 is 11.6 Å². The largest absolute Gasteiger partial charge is 0.417 e. The second kappa shape index (κ2) is 35.9. The van der Waals surface area contributed by atoms with E-state index in [0.29, 0.717) is 32.1 Å². The van der Waals surface area contributed by atoms with Crippen LogP contribution in [0.5, 0.6) is 0 Å². The number of nitrogens with zero attached hydrogens (tertiary/aromatic N) is 9. The Morgan fingerprint density at radius 3 is 1.82 bits per heavy atom. The van der Waals surface area contributed by atoms with Gasteiger partial charge in [-0.05, 0) is 113 Å². The highest BCUT2D eigenvalue weighted by Gasteiger charge is 2.52. The van der Waals surface area contributed by atoms with E-state index in [2.05, 4.69) is 16.0 Å². The molecule has 3 saturated carbocycles. The minimum absolute atomic E-state index is 0.0317. The van der Waals surface area contributed by atoms with E-state index >= 15 is 24.0 Å². The molecular formula is C74H112ClF5N12O12. The summed E-state index contributed by atoms with van der Waals surface area (Å²) in [5.41, 5.74) is -2.70. The average molecular weight is 1490 g/mol. The van der Waals surface area contributed by atoms with Gasteiger partial charge < -0.3 is 60.0 Å². The van der Waals surface area contributed by atoms with Crippen LogP contribution in [0.3, 0.4) is 0 Å². The van der Waals surface area contributed by atoms with E-state index in [4.69, 9.17) is 11.6 Å². The van der Waals surface area contributed by atoms with E-state index in [1.165, 1.54) is 85.7 Å². The molecule has 1 unspecified atom stereocenters. The summed E-state index contributed by atoms with van der Waals surface area (Å²) in [6, 6.07) is -8.23. The van der Waals surface area contributed by atoms with Gasteiger partial charge in [-0.25, -0.2) is 8.78 Å². The Morgan fingerprint density at radius 1 is 0.644 bits per heavy atom. The molecule has 7 rings (SSSR count). The van der Waals surface area contributed by atoms with E-state index in [1.54, 1.807) is 13.8 Å². The molecule has 1 aromatic rings. The first-order valence-electron chi connectivity index (χ1n) is 37.3. The summed E-state index contributed by atoms with van der Waals surface area (Å²) < 4.78 is 71.2. The van der Waals surface area contributed by atoms with Crippen molar-refractivity contribution in [3.05, 3.63) is 34.3 Å². The third-order valence-electron chi connectivity index (χ3n) is 23.2. The van der Waals surface area contributed by atoms with Crippen LogP contribution in [-0.4, -0.2) is 256 Å². The Morgan fingerprint density at radius 2 is 1.25 bits per heavy atom. The zero-order valence-corrected chi connectivity index (χ0v) is 63.8. The number of carbonyl (C=O) groups is 12. The molecule has 12 amide bonds. The van der Waals surface area contributed by atoms with E-state index < -0.39 is 198 Å². The van der Waals surface area contributed by atoms with Crippen LogP contribution in [-0.2, 0) is 70.1 Å². The zero-order chi connectivity index (χ0) is 77.2.